The Bertz CT molecular complexity index is 267. The zero-order valence-corrected chi connectivity index (χ0v) is 13.8. The van der Waals surface area contributed by atoms with E-state index in [-0.39, 0.29) is 24.0 Å². The number of nitrogens with one attached hydrogen (secondary N) is 2. The molecule has 1 aliphatic heterocycles. The molecule has 0 aliphatic carbocycles. The van der Waals surface area contributed by atoms with E-state index < -0.39 is 0 Å². The number of unbranched alkanes of at least 4 members (excludes halogenated alkanes) is 1. The summed E-state index contributed by atoms with van der Waals surface area (Å²) in [6.07, 6.45) is 6.74. The van der Waals surface area contributed by atoms with Gasteiger partial charge in [-0.25, -0.2) is 0 Å². The van der Waals surface area contributed by atoms with Crippen LogP contribution in [0.15, 0.2) is 16.6 Å². The van der Waals surface area contributed by atoms with Crippen LogP contribution >= 0.6 is 24.0 Å². The molecule has 0 aromatic carbocycles. The molecule has 1 rings (SSSR count). The molecule has 0 saturated heterocycles. The third-order valence-electron chi connectivity index (χ3n) is 2.84. The van der Waals surface area contributed by atoms with Gasteiger partial charge in [-0.1, -0.05) is 25.0 Å². The van der Waals surface area contributed by atoms with Crippen LogP contribution in [0.5, 0.6) is 0 Å². The molecular weight excluding hydrogens is 341 g/mol. The number of halogens is 1. The summed E-state index contributed by atoms with van der Waals surface area (Å²) in [4.78, 5) is 4.19. The highest BCUT2D eigenvalue weighted by atomic mass is 127. The lowest BCUT2D eigenvalue weighted by Crippen LogP contribution is -2.38. The van der Waals surface area contributed by atoms with Gasteiger partial charge in [-0.15, -0.1) is 24.0 Å². The third kappa shape index (κ3) is 7.92. The summed E-state index contributed by atoms with van der Waals surface area (Å²) in [5.74, 6) is 0.908. The van der Waals surface area contributed by atoms with Crippen LogP contribution in [0.1, 0.15) is 32.6 Å². The normalized spacial score (nSPS) is 15.7. The molecular formula is C13H26IN3O. The monoisotopic (exact) mass is 367 g/mol. The van der Waals surface area contributed by atoms with Crippen LogP contribution in [-0.2, 0) is 4.74 Å². The predicted molar refractivity (Wildman–Crippen MR) is 87.8 cm³/mol. The molecule has 0 atom stereocenters. The van der Waals surface area contributed by atoms with Gasteiger partial charge in [0, 0.05) is 20.1 Å². The van der Waals surface area contributed by atoms with Gasteiger partial charge in [0.05, 0.1) is 13.2 Å². The maximum absolute atomic E-state index is 5.28. The Labute approximate surface area is 128 Å². The number of hydrogen-bond acceptors (Lipinski definition) is 2. The number of nitrogens with zero attached hydrogens (tertiary/aromatic N) is 1. The molecule has 18 heavy (non-hydrogen) atoms. The van der Waals surface area contributed by atoms with E-state index in [0.717, 1.165) is 45.1 Å². The first-order chi connectivity index (χ1) is 8.36. The third-order valence-corrected chi connectivity index (χ3v) is 2.84. The van der Waals surface area contributed by atoms with Gasteiger partial charge in [-0.2, -0.15) is 0 Å². The lowest BCUT2D eigenvalue weighted by Gasteiger charge is -2.15. The Kier molecular flexibility index (Phi) is 11.6. The number of aliphatic imine (C=N–C) groups is 1. The fourth-order valence-corrected chi connectivity index (χ4v) is 1.74. The average Bonchev–Trinajstić information content (AvgIpc) is 2.38. The van der Waals surface area contributed by atoms with Crippen molar-refractivity contribution >= 4 is 29.9 Å². The first-order valence-corrected chi connectivity index (χ1v) is 6.57. The summed E-state index contributed by atoms with van der Waals surface area (Å²) in [5.41, 5.74) is 1.49. The number of hydrogen-bond donors (Lipinski definition) is 2. The molecule has 4 nitrogen and oxygen atoms in total. The van der Waals surface area contributed by atoms with Crippen molar-refractivity contribution in [2.45, 2.75) is 32.6 Å². The Morgan fingerprint density at radius 3 is 2.78 bits per heavy atom. The molecule has 0 saturated carbocycles. The molecule has 2 N–H and O–H groups in total. The van der Waals surface area contributed by atoms with Crippen LogP contribution in [0.2, 0.25) is 0 Å². The molecule has 0 bridgehead atoms. The zero-order chi connectivity index (χ0) is 12.3. The summed E-state index contributed by atoms with van der Waals surface area (Å²) in [5, 5.41) is 6.64. The van der Waals surface area contributed by atoms with Crippen LogP contribution < -0.4 is 10.6 Å². The molecule has 0 fully saturated rings. The number of rotatable bonds is 6. The van der Waals surface area contributed by atoms with Crippen molar-refractivity contribution in [3.63, 3.8) is 0 Å². The van der Waals surface area contributed by atoms with Crippen molar-refractivity contribution in [1.82, 2.24) is 10.6 Å². The van der Waals surface area contributed by atoms with Gasteiger partial charge in [-0.3, -0.25) is 4.99 Å². The number of guanidine groups is 1. The highest BCUT2D eigenvalue weighted by Gasteiger charge is 2.03. The second-order valence-corrected chi connectivity index (χ2v) is 4.22. The molecule has 0 aromatic heterocycles. The van der Waals surface area contributed by atoms with Crippen LogP contribution in [0.25, 0.3) is 0 Å². The van der Waals surface area contributed by atoms with Crippen molar-refractivity contribution < 1.29 is 4.74 Å². The molecule has 0 unspecified atom stereocenters. The minimum atomic E-state index is 0. The largest absolute Gasteiger partial charge is 0.377 e. The van der Waals surface area contributed by atoms with Crippen LogP contribution in [0, 0.1) is 0 Å². The molecule has 106 valence electrons. The SMILES string of the molecule is CCCCNC(=NC)NCCC1=CCOCC1.I. The van der Waals surface area contributed by atoms with E-state index in [1.54, 1.807) is 0 Å². The van der Waals surface area contributed by atoms with E-state index in [1.165, 1.54) is 18.4 Å². The minimum Gasteiger partial charge on any atom is -0.377 e. The van der Waals surface area contributed by atoms with E-state index in [0.29, 0.717) is 0 Å². The van der Waals surface area contributed by atoms with Crippen molar-refractivity contribution in [2.24, 2.45) is 4.99 Å². The Balaban J connectivity index is 0.00000289. The highest BCUT2D eigenvalue weighted by Crippen LogP contribution is 2.10. The fourth-order valence-electron chi connectivity index (χ4n) is 1.74. The van der Waals surface area contributed by atoms with Gasteiger partial charge in [0.1, 0.15) is 0 Å². The standard InChI is InChI=1S/C13H25N3O.HI/c1-3-4-8-15-13(14-2)16-9-5-12-6-10-17-11-7-12;/h6H,3-5,7-11H2,1-2H3,(H2,14,15,16);1H. The molecule has 1 heterocycles. The van der Waals surface area contributed by atoms with Crippen molar-refractivity contribution in [3.05, 3.63) is 11.6 Å². The number of ether oxygens (including phenoxy) is 1. The first kappa shape index (κ1) is 17.7. The Morgan fingerprint density at radius 1 is 1.39 bits per heavy atom. The van der Waals surface area contributed by atoms with Crippen molar-refractivity contribution in [1.29, 1.82) is 0 Å². The summed E-state index contributed by atoms with van der Waals surface area (Å²) in [6, 6.07) is 0. The van der Waals surface area contributed by atoms with Gasteiger partial charge in [0.15, 0.2) is 5.96 Å². The summed E-state index contributed by atoms with van der Waals surface area (Å²) in [6.45, 7) is 5.77. The molecule has 0 aromatic rings. The van der Waals surface area contributed by atoms with E-state index in [9.17, 15) is 0 Å². The average molecular weight is 367 g/mol. The maximum Gasteiger partial charge on any atom is 0.190 e. The zero-order valence-electron chi connectivity index (χ0n) is 11.5. The van der Waals surface area contributed by atoms with Crippen LogP contribution in [0.4, 0.5) is 0 Å². The summed E-state index contributed by atoms with van der Waals surface area (Å²) < 4.78 is 5.28. The van der Waals surface area contributed by atoms with Gasteiger partial charge in [0.2, 0.25) is 0 Å². The molecule has 0 amide bonds. The topological polar surface area (TPSA) is 45.7 Å². The molecule has 0 radical (unpaired) electrons. The van der Waals surface area contributed by atoms with Gasteiger partial charge >= 0.3 is 0 Å². The van der Waals surface area contributed by atoms with Crippen molar-refractivity contribution in [3.8, 4) is 0 Å². The second-order valence-electron chi connectivity index (χ2n) is 4.22. The van der Waals surface area contributed by atoms with Gasteiger partial charge < -0.3 is 15.4 Å². The van der Waals surface area contributed by atoms with Gasteiger partial charge in [-0.05, 0) is 19.3 Å². The lowest BCUT2D eigenvalue weighted by molar-refractivity contribution is 0.153. The summed E-state index contributed by atoms with van der Waals surface area (Å²) >= 11 is 0. The fraction of sp³-hybridized carbons (Fsp3) is 0.769. The molecule has 1 aliphatic rings. The quantitative estimate of drug-likeness (QED) is 0.249. The maximum atomic E-state index is 5.28. The van der Waals surface area contributed by atoms with Crippen LogP contribution in [-0.4, -0.2) is 39.3 Å². The molecule has 5 heteroatoms. The van der Waals surface area contributed by atoms with Gasteiger partial charge in [0.25, 0.3) is 0 Å². The first-order valence-electron chi connectivity index (χ1n) is 6.57. The lowest BCUT2D eigenvalue weighted by atomic mass is 10.1. The molecule has 0 spiro atoms. The predicted octanol–water partition coefficient (Wildman–Crippen LogP) is 2.31. The van der Waals surface area contributed by atoms with E-state index >= 15 is 0 Å². The summed E-state index contributed by atoms with van der Waals surface area (Å²) in [7, 11) is 1.81. The van der Waals surface area contributed by atoms with Crippen LogP contribution in [0.3, 0.4) is 0 Å². The Morgan fingerprint density at radius 2 is 2.17 bits per heavy atom. The van der Waals surface area contributed by atoms with Crippen molar-refractivity contribution in [2.75, 3.05) is 33.4 Å². The highest BCUT2D eigenvalue weighted by molar-refractivity contribution is 14.0. The second kappa shape index (κ2) is 11.8. The van der Waals surface area contributed by atoms with E-state index in [1.807, 2.05) is 7.05 Å². The van der Waals surface area contributed by atoms with E-state index in [4.69, 9.17) is 4.74 Å². The van der Waals surface area contributed by atoms with E-state index in [2.05, 4.69) is 28.6 Å². The minimum absolute atomic E-state index is 0. The smallest absolute Gasteiger partial charge is 0.190 e. The Hall–Kier alpha value is -0.300.